The van der Waals surface area contributed by atoms with Crippen LogP contribution in [-0.4, -0.2) is 15.2 Å². The number of para-hydroxylation sites is 2. The summed E-state index contributed by atoms with van der Waals surface area (Å²) in [5.41, 5.74) is 1.63. The number of nitrogens with one attached hydrogen (secondary N) is 1. The SMILES string of the molecule is Clc1ccccc1Nc1nnc(COc2cccc3cccnc23)s1. The first-order chi connectivity index (χ1) is 12.3. The van der Waals surface area contributed by atoms with E-state index in [1.165, 1.54) is 11.3 Å². The third-order valence-electron chi connectivity index (χ3n) is 3.53. The van der Waals surface area contributed by atoms with Crippen LogP contribution < -0.4 is 10.1 Å². The zero-order chi connectivity index (χ0) is 17.1. The number of ether oxygens (including phenoxy) is 1. The van der Waals surface area contributed by atoms with Gasteiger partial charge in [-0.25, -0.2) is 0 Å². The third kappa shape index (κ3) is 3.55. The third-order valence-corrected chi connectivity index (χ3v) is 4.67. The molecule has 0 saturated carbocycles. The lowest BCUT2D eigenvalue weighted by Gasteiger charge is -2.06. The first-order valence-corrected chi connectivity index (χ1v) is 8.79. The number of aromatic nitrogens is 3. The lowest BCUT2D eigenvalue weighted by Crippen LogP contribution is -1.96. The molecule has 0 atom stereocenters. The van der Waals surface area contributed by atoms with E-state index in [1.54, 1.807) is 6.20 Å². The summed E-state index contributed by atoms with van der Waals surface area (Å²) in [5, 5.41) is 14.6. The molecular formula is C18H13ClN4OS. The maximum Gasteiger partial charge on any atom is 0.210 e. The number of benzene rings is 2. The number of halogens is 1. The molecule has 0 aliphatic carbocycles. The van der Waals surface area contributed by atoms with Crippen molar-refractivity contribution >= 4 is 44.7 Å². The standard InChI is InChI=1S/C18H13ClN4OS/c19-13-7-1-2-8-14(13)21-18-23-22-16(25-18)11-24-15-9-3-5-12-6-4-10-20-17(12)15/h1-10H,11H2,(H,21,23). The van der Waals surface area contributed by atoms with Gasteiger partial charge in [-0.1, -0.05) is 53.3 Å². The number of hydrogen-bond acceptors (Lipinski definition) is 6. The topological polar surface area (TPSA) is 59.9 Å². The van der Waals surface area contributed by atoms with Gasteiger partial charge in [0.1, 0.15) is 17.9 Å². The molecule has 1 N–H and O–H groups in total. The summed E-state index contributed by atoms with van der Waals surface area (Å²) in [6.07, 6.45) is 1.76. The molecule has 0 radical (unpaired) electrons. The normalized spacial score (nSPS) is 10.8. The zero-order valence-electron chi connectivity index (χ0n) is 13.0. The molecule has 25 heavy (non-hydrogen) atoms. The van der Waals surface area contributed by atoms with Gasteiger partial charge in [-0.05, 0) is 24.3 Å². The fraction of sp³-hybridized carbons (Fsp3) is 0.0556. The summed E-state index contributed by atoms with van der Waals surface area (Å²) in [4.78, 5) is 4.38. The van der Waals surface area contributed by atoms with Crippen LogP contribution in [0.4, 0.5) is 10.8 Å². The van der Waals surface area contributed by atoms with E-state index in [9.17, 15) is 0 Å². The number of anilines is 2. The van der Waals surface area contributed by atoms with Crippen molar-refractivity contribution < 1.29 is 4.74 Å². The van der Waals surface area contributed by atoms with Gasteiger partial charge in [-0.3, -0.25) is 4.98 Å². The molecule has 0 amide bonds. The highest BCUT2D eigenvalue weighted by molar-refractivity contribution is 7.15. The van der Waals surface area contributed by atoms with Crippen molar-refractivity contribution in [3.8, 4) is 5.75 Å². The molecule has 2 heterocycles. The summed E-state index contributed by atoms with van der Waals surface area (Å²) in [7, 11) is 0. The van der Waals surface area contributed by atoms with E-state index in [1.807, 2.05) is 54.6 Å². The molecule has 0 aliphatic rings. The predicted octanol–water partition coefficient (Wildman–Crippen LogP) is 5.06. The van der Waals surface area contributed by atoms with Crippen molar-refractivity contribution in [2.75, 3.05) is 5.32 Å². The van der Waals surface area contributed by atoms with E-state index in [0.717, 1.165) is 27.3 Å². The summed E-state index contributed by atoms with van der Waals surface area (Å²) in [5.74, 6) is 0.730. The van der Waals surface area contributed by atoms with E-state index in [2.05, 4.69) is 20.5 Å². The van der Waals surface area contributed by atoms with Crippen molar-refractivity contribution in [3.05, 3.63) is 70.8 Å². The summed E-state index contributed by atoms with van der Waals surface area (Å²) in [6.45, 7) is 0.331. The fourth-order valence-electron chi connectivity index (χ4n) is 2.37. The summed E-state index contributed by atoms with van der Waals surface area (Å²) >= 11 is 7.56. The maximum atomic E-state index is 6.14. The molecule has 0 fully saturated rings. The van der Waals surface area contributed by atoms with Crippen molar-refractivity contribution in [1.82, 2.24) is 15.2 Å². The van der Waals surface area contributed by atoms with Crippen LogP contribution >= 0.6 is 22.9 Å². The van der Waals surface area contributed by atoms with Gasteiger partial charge in [-0.2, -0.15) is 0 Å². The average Bonchev–Trinajstić information content (AvgIpc) is 3.09. The Labute approximate surface area is 153 Å². The molecule has 4 rings (SSSR count). The largest absolute Gasteiger partial charge is 0.484 e. The van der Waals surface area contributed by atoms with E-state index >= 15 is 0 Å². The van der Waals surface area contributed by atoms with Crippen LogP contribution in [0.5, 0.6) is 5.75 Å². The number of nitrogens with zero attached hydrogens (tertiary/aromatic N) is 3. The Morgan fingerprint density at radius 1 is 1.00 bits per heavy atom. The first kappa shape index (κ1) is 15.8. The second-order valence-electron chi connectivity index (χ2n) is 5.23. The highest BCUT2D eigenvalue weighted by atomic mass is 35.5. The van der Waals surface area contributed by atoms with Crippen LogP contribution in [0.15, 0.2) is 60.8 Å². The quantitative estimate of drug-likeness (QED) is 0.533. The molecule has 7 heteroatoms. The molecule has 0 unspecified atom stereocenters. The Morgan fingerprint density at radius 3 is 2.80 bits per heavy atom. The molecule has 0 bridgehead atoms. The van der Waals surface area contributed by atoms with Gasteiger partial charge >= 0.3 is 0 Å². The molecule has 2 aromatic carbocycles. The van der Waals surface area contributed by atoms with E-state index in [4.69, 9.17) is 16.3 Å². The Morgan fingerprint density at radius 2 is 1.88 bits per heavy atom. The summed E-state index contributed by atoms with van der Waals surface area (Å²) in [6, 6.07) is 17.3. The number of fused-ring (bicyclic) bond motifs is 1. The maximum absolute atomic E-state index is 6.14. The Balaban J connectivity index is 1.47. The minimum atomic E-state index is 0.331. The fourth-order valence-corrected chi connectivity index (χ4v) is 3.22. The Hall–Kier alpha value is -2.70. The first-order valence-electron chi connectivity index (χ1n) is 7.60. The Bertz CT molecular complexity index is 1020. The van der Waals surface area contributed by atoms with Crippen LogP contribution in [-0.2, 0) is 6.61 Å². The Kier molecular flexibility index (Phi) is 4.45. The lowest BCUT2D eigenvalue weighted by atomic mass is 10.2. The second kappa shape index (κ2) is 7.04. The van der Waals surface area contributed by atoms with Crippen LogP contribution in [0.2, 0.25) is 5.02 Å². The minimum Gasteiger partial charge on any atom is -0.484 e. The average molecular weight is 369 g/mol. The highest BCUT2D eigenvalue weighted by Gasteiger charge is 2.08. The van der Waals surface area contributed by atoms with Crippen LogP contribution in [0.1, 0.15) is 5.01 Å². The lowest BCUT2D eigenvalue weighted by molar-refractivity contribution is 0.307. The van der Waals surface area contributed by atoms with Crippen LogP contribution in [0.25, 0.3) is 10.9 Å². The number of hydrogen-bond donors (Lipinski definition) is 1. The predicted molar refractivity (Wildman–Crippen MR) is 101 cm³/mol. The van der Waals surface area contributed by atoms with Crippen molar-refractivity contribution in [3.63, 3.8) is 0 Å². The van der Waals surface area contributed by atoms with Gasteiger partial charge in [0.05, 0.1) is 10.7 Å². The van der Waals surface area contributed by atoms with Gasteiger partial charge in [0, 0.05) is 11.6 Å². The van der Waals surface area contributed by atoms with Crippen molar-refractivity contribution in [2.24, 2.45) is 0 Å². The zero-order valence-corrected chi connectivity index (χ0v) is 14.6. The highest BCUT2D eigenvalue weighted by Crippen LogP contribution is 2.28. The van der Waals surface area contributed by atoms with Gasteiger partial charge in [0.15, 0.2) is 5.01 Å². The van der Waals surface area contributed by atoms with Crippen molar-refractivity contribution in [2.45, 2.75) is 6.61 Å². The number of pyridine rings is 1. The smallest absolute Gasteiger partial charge is 0.210 e. The molecule has 0 spiro atoms. The monoisotopic (exact) mass is 368 g/mol. The van der Waals surface area contributed by atoms with E-state index in [-0.39, 0.29) is 0 Å². The van der Waals surface area contributed by atoms with E-state index < -0.39 is 0 Å². The molecule has 124 valence electrons. The summed E-state index contributed by atoms with van der Waals surface area (Å²) < 4.78 is 5.88. The minimum absolute atomic E-state index is 0.331. The van der Waals surface area contributed by atoms with E-state index in [0.29, 0.717) is 16.8 Å². The molecule has 2 aromatic heterocycles. The molecular weight excluding hydrogens is 356 g/mol. The van der Waals surface area contributed by atoms with Gasteiger partial charge in [-0.15, -0.1) is 10.2 Å². The number of rotatable bonds is 5. The molecule has 0 aliphatic heterocycles. The van der Waals surface area contributed by atoms with Gasteiger partial charge < -0.3 is 10.1 Å². The van der Waals surface area contributed by atoms with Crippen LogP contribution in [0.3, 0.4) is 0 Å². The van der Waals surface area contributed by atoms with Gasteiger partial charge in [0.25, 0.3) is 0 Å². The molecule has 4 aromatic rings. The van der Waals surface area contributed by atoms with Gasteiger partial charge in [0.2, 0.25) is 5.13 Å². The van der Waals surface area contributed by atoms with Crippen molar-refractivity contribution in [1.29, 1.82) is 0 Å². The molecule has 5 nitrogen and oxygen atoms in total. The second-order valence-corrected chi connectivity index (χ2v) is 6.70. The van der Waals surface area contributed by atoms with Crippen LogP contribution in [0, 0.1) is 0 Å². The molecule has 0 saturated heterocycles.